The first-order chi connectivity index (χ1) is 13.6. The van der Waals surface area contributed by atoms with Crippen LogP contribution < -0.4 is 5.32 Å². The number of hydrogen-bond donors (Lipinski definition) is 1. The van der Waals surface area contributed by atoms with Gasteiger partial charge >= 0.3 is 0 Å². The predicted octanol–water partition coefficient (Wildman–Crippen LogP) is 6.11. The smallest absolute Gasteiger partial charge is 0.123 e. The van der Waals surface area contributed by atoms with E-state index in [0.717, 1.165) is 25.3 Å². The van der Waals surface area contributed by atoms with Crippen molar-refractivity contribution in [3.63, 3.8) is 0 Å². The van der Waals surface area contributed by atoms with E-state index in [-0.39, 0.29) is 36.2 Å². The second-order valence-corrected chi connectivity index (χ2v) is 8.92. The summed E-state index contributed by atoms with van der Waals surface area (Å²) in [4.78, 5) is 2.44. The highest BCUT2D eigenvalue weighted by Gasteiger charge is 2.35. The van der Waals surface area contributed by atoms with Gasteiger partial charge in [-0.25, -0.2) is 4.39 Å². The van der Waals surface area contributed by atoms with Crippen LogP contribution in [0.4, 0.5) is 4.39 Å². The Morgan fingerprint density at radius 1 is 0.967 bits per heavy atom. The quantitative estimate of drug-likeness (QED) is 0.568. The number of nitrogens with one attached hydrogen (secondary N) is 1. The zero-order valence-electron chi connectivity index (χ0n) is 17.9. The van der Waals surface area contributed by atoms with Gasteiger partial charge in [-0.1, -0.05) is 49.2 Å². The molecule has 2 aromatic rings. The largest absolute Gasteiger partial charge is 0.306 e. The molecule has 1 aliphatic heterocycles. The lowest BCUT2D eigenvalue weighted by molar-refractivity contribution is 0.219. The number of rotatable bonds is 6. The maximum Gasteiger partial charge on any atom is 0.123 e. The molecule has 2 aromatic carbocycles. The molecule has 0 bridgehead atoms. The topological polar surface area (TPSA) is 15.3 Å². The fourth-order valence-corrected chi connectivity index (χ4v) is 5.05. The van der Waals surface area contributed by atoms with Crippen LogP contribution in [0.2, 0.25) is 0 Å². The van der Waals surface area contributed by atoms with Gasteiger partial charge in [0.1, 0.15) is 5.82 Å². The van der Waals surface area contributed by atoms with E-state index in [4.69, 9.17) is 0 Å². The Hall–Kier alpha value is -1.13. The van der Waals surface area contributed by atoms with Crippen molar-refractivity contribution in [3.8, 4) is 0 Å². The molecule has 0 spiro atoms. The average molecular weight is 453 g/mol. The Morgan fingerprint density at radius 2 is 1.60 bits per heavy atom. The normalized spacial score (nSPS) is 19.1. The molecule has 0 aromatic heterocycles. The van der Waals surface area contributed by atoms with Gasteiger partial charge in [0, 0.05) is 12.1 Å². The van der Waals surface area contributed by atoms with Crippen molar-refractivity contribution in [2.75, 3.05) is 20.1 Å². The number of hydrogen-bond acceptors (Lipinski definition) is 2. The minimum absolute atomic E-state index is 0. The van der Waals surface area contributed by atoms with Crippen LogP contribution >= 0.6 is 24.8 Å². The fourth-order valence-electron chi connectivity index (χ4n) is 5.05. The van der Waals surface area contributed by atoms with E-state index in [1.54, 1.807) is 12.1 Å². The third kappa shape index (κ3) is 6.20. The average Bonchev–Trinajstić information content (AvgIpc) is 3.19. The van der Waals surface area contributed by atoms with Crippen molar-refractivity contribution < 1.29 is 4.39 Å². The van der Waals surface area contributed by atoms with Crippen LogP contribution in [-0.2, 0) is 18.5 Å². The van der Waals surface area contributed by atoms with E-state index >= 15 is 0 Å². The highest BCUT2D eigenvalue weighted by atomic mass is 35.5. The number of halogens is 3. The monoisotopic (exact) mass is 452 g/mol. The van der Waals surface area contributed by atoms with Crippen LogP contribution in [0, 0.1) is 11.7 Å². The van der Waals surface area contributed by atoms with E-state index in [1.807, 2.05) is 12.1 Å². The van der Waals surface area contributed by atoms with Crippen molar-refractivity contribution in [2.24, 2.45) is 5.92 Å². The molecule has 4 rings (SSSR count). The van der Waals surface area contributed by atoms with Crippen molar-refractivity contribution >= 4 is 24.8 Å². The van der Waals surface area contributed by atoms with Crippen molar-refractivity contribution in [1.29, 1.82) is 0 Å². The molecule has 1 heterocycles. The summed E-state index contributed by atoms with van der Waals surface area (Å²) in [6.07, 6.45) is 8.56. The van der Waals surface area contributed by atoms with Crippen molar-refractivity contribution in [3.05, 3.63) is 71.0 Å². The van der Waals surface area contributed by atoms with E-state index in [0.29, 0.717) is 0 Å². The Labute approximate surface area is 193 Å². The van der Waals surface area contributed by atoms with Gasteiger partial charge in [-0.2, -0.15) is 0 Å². The van der Waals surface area contributed by atoms with Crippen LogP contribution in [0.25, 0.3) is 0 Å². The first kappa shape index (κ1) is 25.1. The van der Waals surface area contributed by atoms with Crippen molar-refractivity contribution in [1.82, 2.24) is 10.2 Å². The molecule has 30 heavy (non-hydrogen) atoms. The highest BCUT2D eigenvalue weighted by molar-refractivity contribution is 5.85. The third-order valence-electron chi connectivity index (χ3n) is 6.84. The summed E-state index contributed by atoms with van der Waals surface area (Å²) in [7, 11) is 2.22. The van der Waals surface area contributed by atoms with Gasteiger partial charge in [-0.15, -0.1) is 24.8 Å². The maximum absolute atomic E-state index is 13.4. The predicted molar refractivity (Wildman–Crippen MR) is 128 cm³/mol. The highest BCUT2D eigenvalue weighted by Crippen LogP contribution is 2.39. The van der Waals surface area contributed by atoms with E-state index in [1.165, 1.54) is 61.9 Å². The first-order valence-corrected chi connectivity index (χ1v) is 10.9. The summed E-state index contributed by atoms with van der Waals surface area (Å²) in [5.74, 6) is 0.665. The van der Waals surface area contributed by atoms with Crippen LogP contribution in [0.1, 0.15) is 55.2 Å². The van der Waals surface area contributed by atoms with E-state index in [2.05, 4.69) is 41.5 Å². The minimum Gasteiger partial charge on any atom is -0.306 e. The lowest BCUT2D eigenvalue weighted by Crippen LogP contribution is -2.39. The van der Waals surface area contributed by atoms with Crippen LogP contribution in [0.5, 0.6) is 0 Å². The molecule has 0 amide bonds. The van der Waals surface area contributed by atoms with Crippen LogP contribution in [-0.4, -0.2) is 25.0 Å². The summed E-state index contributed by atoms with van der Waals surface area (Å²) in [6, 6.07) is 16.2. The summed E-state index contributed by atoms with van der Waals surface area (Å²) in [5.41, 5.74) is 4.06. The summed E-state index contributed by atoms with van der Waals surface area (Å²) < 4.78 is 13.4. The number of nitrogens with zero attached hydrogens (tertiary/aromatic N) is 1. The molecule has 0 radical (unpaired) electrons. The molecule has 1 N–H and O–H groups in total. The SMILES string of the molecule is CN1CCC(Cc2cccc(CNC3(c4ccc(F)cc4)CCCC3)c2)CC1.Cl.Cl. The number of piperidine rings is 1. The molecule has 2 fully saturated rings. The molecule has 0 atom stereocenters. The Balaban J connectivity index is 0.00000160. The molecule has 166 valence electrons. The van der Waals surface area contributed by atoms with Gasteiger partial charge in [0.2, 0.25) is 0 Å². The van der Waals surface area contributed by atoms with Gasteiger partial charge in [0.25, 0.3) is 0 Å². The summed E-state index contributed by atoms with van der Waals surface area (Å²) >= 11 is 0. The van der Waals surface area contributed by atoms with E-state index in [9.17, 15) is 4.39 Å². The first-order valence-electron chi connectivity index (χ1n) is 10.9. The third-order valence-corrected chi connectivity index (χ3v) is 6.84. The molecule has 0 unspecified atom stereocenters. The van der Waals surface area contributed by atoms with Crippen LogP contribution in [0.15, 0.2) is 48.5 Å². The van der Waals surface area contributed by atoms with Crippen LogP contribution in [0.3, 0.4) is 0 Å². The van der Waals surface area contributed by atoms with Gasteiger partial charge in [-0.3, -0.25) is 0 Å². The molecular formula is C25H35Cl2FN2. The zero-order chi connectivity index (χ0) is 19.4. The van der Waals surface area contributed by atoms with Gasteiger partial charge in [0.15, 0.2) is 0 Å². The summed E-state index contributed by atoms with van der Waals surface area (Å²) in [5, 5.41) is 3.85. The van der Waals surface area contributed by atoms with Gasteiger partial charge in [0.05, 0.1) is 0 Å². The Bertz CT molecular complexity index is 767. The Morgan fingerprint density at radius 3 is 2.27 bits per heavy atom. The maximum atomic E-state index is 13.4. The number of benzene rings is 2. The minimum atomic E-state index is -0.154. The molecule has 1 saturated carbocycles. The van der Waals surface area contributed by atoms with Crippen molar-refractivity contribution in [2.45, 2.75) is 57.0 Å². The molecule has 1 aliphatic carbocycles. The molecule has 2 nitrogen and oxygen atoms in total. The molecule has 5 heteroatoms. The summed E-state index contributed by atoms with van der Waals surface area (Å²) in [6.45, 7) is 3.33. The second-order valence-electron chi connectivity index (χ2n) is 8.92. The molecule has 2 aliphatic rings. The molecular weight excluding hydrogens is 418 g/mol. The number of likely N-dealkylation sites (tertiary alicyclic amines) is 1. The standard InChI is InChI=1S/C25H33FN2.2ClH/c1-28-15-11-20(12-16-28)17-21-5-4-6-22(18-21)19-27-25(13-2-3-14-25)23-7-9-24(26)10-8-23;;/h4-10,18,20,27H,2-3,11-17,19H2,1H3;2*1H. The Kier molecular flexibility index (Phi) is 9.62. The van der Waals surface area contributed by atoms with Gasteiger partial charge < -0.3 is 10.2 Å². The fraction of sp³-hybridized carbons (Fsp3) is 0.520. The lowest BCUT2D eigenvalue weighted by Gasteiger charge is -2.31. The second kappa shape index (κ2) is 11.5. The molecule has 1 saturated heterocycles. The lowest BCUT2D eigenvalue weighted by atomic mass is 9.87. The van der Waals surface area contributed by atoms with E-state index < -0.39 is 0 Å². The van der Waals surface area contributed by atoms with Gasteiger partial charge in [-0.05, 0) is 87.0 Å². The zero-order valence-corrected chi connectivity index (χ0v) is 19.5.